The van der Waals surface area contributed by atoms with E-state index in [4.69, 9.17) is 14.2 Å². The van der Waals surface area contributed by atoms with Gasteiger partial charge in [-0.15, -0.1) is 0 Å². The zero-order valence-corrected chi connectivity index (χ0v) is 19.1. The summed E-state index contributed by atoms with van der Waals surface area (Å²) in [6.07, 6.45) is 0.279. The number of benzene rings is 2. The summed E-state index contributed by atoms with van der Waals surface area (Å²) in [5.41, 5.74) is 3.01. The number of esters is 1. The molecule has 168 valence electrons. The molecule has 2 rings (SSSR count). The molecule has 6 nitrogen and oxygen atoms in total. The van der Waals surface area contributed by atoms with Crippen LogP contribution in [0.15, 0.2) is 48.5 Å². The van der Waals surface area contributed by atoms with Gasteiger partial charge in [0.25, 0.3) is 0 Å². The van der Waals surface area contributed by atoms with Crippen LogP contribution in [0.25, 0.3) is 0 Å². The Morgan fingerprint density at radius 1 is 0.871 bits per heavy atom. The first-order valence-electron chi connectivity index (χ1n) is 10.6. The van der Waals surface area contributed by atoms with Crippen LogP contribution < -0.4 is 4.74 Å². The summed E-state index contributed by atoms with van der Waals surface area (Å²) < 4.78 is 15.6. The van der Waals surface area contributed by atoms with Gasteiger partial charge in [0.15, 0.2) is 0 Å². The molecule has 0 fully saturated rings. The predicted molar refractivity (Wildman–Crippen MR) is 120 cm³/mol. The van der Waals surface area contributed by atoms with Gasteiger partial charge in [0, 0.05) is 6.54 Å². The van der Waals surface area contributed by atoms with Gasteiger partial charge in [0.2, 0.25) is 0 Å². The zero-order chi connectivity index (χ0) is 22.8. The molecule has 0 saturated heterocycles. The van der Waals surface area contributed by atoms with E-state index in [1.165, 1.54) is 5.56 Å². The van der Waals surface area contributed by atoms with Crippen molar-refractivity contribution in [3.05, 3.63) is 65.2 Å². The lowest BCUT2D eigenvalue weighted by Crippen LogP contribution is -2.21. The molecule has 0 aliphatic rings. The maximum Gasteiger partial charge on any atom is 0.513 e. The van der Waals surface area contributed by atoms with Crippen molar-refractivity contribution in [2.24, 2.45) is 5.92 Å². The van der Waals surface area contributed by atoms with Crippen molar-refractivity contribution >= 4 is 12.1 Å². The third-order valence-electron chi connectivity index (χ3n) is 4.74. The highest BCUT2D eigenvalue weighted by molar-refractivity contribution is 5.77. The second kappa shape index (κ2) is 12.1. The van der Waals surface area contributed by atoms with Crippen LogP contribution in [0.2, 0.25) is 0 Å². The first kappa shape index (κ1) is 24.4. The molecule has 0 aliphatic carbocycles. The Morgan fingerprint density at radius 3 is 2.06 bits per heavy atom. The highest BCUT2D eigenvalue weighted by atomic mass is 16.7. The fourth-order valence-corrected chi connectivity index (χ4v) is 2.92. The van der Waals surface area contributed by atoms with Crippen LogP contribution in [0.4, 0.5) is 4.79 Å². The van der Waals surface area contributed by atoms with Crippen LogP contribution in [0.3, 0.4) is 0 Å². The molecule has 2 aromatic rings. The van der Waals surface area contributed by atoms with E-state index in [0.29, 0.717) is 18.2 Å². The second-order valence-corrected chi connectivity index (χ2v) is 8.32. The summed E-state index contributed by atoms with van der Waals surface area (Å²) in [4.78, 5) is 26.0. The third-order valence-corrected chi connectivity index (χ3v) is 4.74. The number of carbonyl (C=O) groups excluding carboxylic acids is 2. The molecule has 0 aromatic heterocycles. The average molecular weight is 428 g/mol. The van der Waals surface area contributed by atoms with Gasteiger partial charge in [-0.1, -0.05) is 50.2 Å². The van der Waals surface area contributed by atoms with Gasteiger partial charge < -0.3 is 19.1 Å². The summed E-state index contributed by atoms with van der Waals surface area (Å²) in [6.45, 7) is 7.26. The molecule has 0 amide bonds. The topological polar surface area (TPSA) is 65.1 Å². The lowest BCUT2D eigenvalue weighted by Gasteiger charge is -2.13. The minimum atomic E-state index is -0.741. The largest absolute Gasteiger partial charge is 0.513 e. The van der Waals surface area contributed by atoms with E-state index in [0.717, 1.165) is 17.5 Å². The molecule has 31 heavy (non-hydrogen) atoms. The standard InChI is InChI=1S/C25H33NO5/c1-18(2)16-20-6-10-22(11-7-20)19(3)24(27)30-17-21-8-12-23(13-9-21)31-25(28)29-15-14-26(4)5/h6-13,18-19H,14-17H2,1-5H3. The lowest BCUT2D eigenvalue weighted by molar-refractivity contribution is -0.146. The molecule has 0 saturated carbocycles. The SMILES string of the molecule is CC(C)Cc1ccc(C(C)C(=O)OCc2ccc(OC(=O)OCCN(C)C)cc2)cc1. The van der Waals surface area contributed by atoms with Crippen LogP contribution in [0.5, 0.6) is 5.75 Å². The van der Waals surface area contributed by atoms with E-state index < -0.39 is 6.16 Å². The van der Waals surface area contributed by atoms with Crippen molar-refractivity contribution < 1.29 is 23.8 Å². The van der Waals surface area contributed by atoms with Gasteiger partial charge in [-0.05, 0) is 62.2 Å². The summed E-state index contributed by atoms with van der Waals surface area (Å²) in [5, 5.41) is 0. The Hall–Kier alpha value is -2.86. The van der Waals surface area contributed by atoms with Gasteiger partial charge >= 0.3 is 12.1 Å². The smallest absolute Gasteiger partial charge is 0.460 e. The van der Waals surface area contributed by atoms with Crippen molar-refractivity contribution in [3.8, 4) is 5.75 Å². The van der Waals surface area contributed by atoms with Crippen molar-refractivity contribution in [1.29, 1.82) is 0 Å². The molecule has 0 aliphatic heterocycles. The molecule has 2 aromatic carbocycles. The molecule has 0 spiro atoms. The summed E-state index contributed by atoms with van der Waals surface area (Å²) >= 11 is 0. The highest BCUT2D eigenvalue weighted by Crippen LogP contribution is 2.20. The summed E-state index contributed by atoms with van der Waals surface area (Å²) in [6, 6.07) is 14.9. The molecule has 0 heterocycles. The van der Waals surface area contributed by atoms with Crippen molar-refractivity contribution in [2.75, 3.05) is 27.2 Å². The van der Waals surface area contributed by atoms with E-state index in [-0.39, 0.29) is 25.1 Å². The minimum absolute atomic E-state index is 0.155. The van der Waals surface area contributed by atoms with Gasteiger partial charge in [0.1, 0.15) is 19.0 Å². The van der Waals surface area contributed by atoms with E-state index >= 15 is 0 Å². The third kappa shape index (κ3) is 8.80. The van der Waals surface area contributed by atoms with E-state index in [1.807, 2.05) is 38.1 Å². The molecule has 0 bridgehead atoms. The molecule has 1 unspecified atom stereocenters. The Bertz CT molecular complexity index is 828. The first-order chi connectivity index (χ1) is 14.7. The molecule has 0 N–H and O–H groups in total. The molecular formula is C25H33NO5. The number of hydrogen-bond acceptors (Lipinski definition) is 6. The summed E-state index contributed by atoms with van der Waals surface area (Å²) in [7, 11) is 3.79. The monoisotopic (exact) mass is 427 g/mol. The number of ether oxygens (including phenoxy) is 3. The fourth-order valence-electron chi connectivity index (χ4n) is 2.92. The molecule has 6 heteroatoms. The lowest BCUT2D eigenvalue weighted by atomic mass is 9.97. The van der Waals surface area contributed by atoms with E-state index in [1.54, 1.807) is 24.3 Å². The Kier molecular flexibility index (Phi) is 9.53. The van der Waals surface area contributed by atoms with Crippen LogP contribution >= 0.6 is 0 Å². The predicted octanol–water partition coefficient (Wildman–Crippen LogP) is 4.81. The Labute approximate surface area is 185 Å². The van der Waals surface area contributed by atoms with Crippen LogP contribution in [0.1, 0.15) is 43.4 Å². The first-order valence-corrected chi connectivity index (χ1v) is 10.6. The maximum absolute atomic E-state index is 12.4. The number of rotatable bonds is 10. The van der Waals surface area contributed by atoms with Crippen molar-refractivity contribution in [1.82, 2.24) is 4.90 Å². The summed E-state index contributed by atoms with van der Waals surface area (Å²) in [5.74, 6) is 0.354. The fraction of sp³-hybridized carbons (Fsp3) is 0.440. The normalized spacial score (nSPS) is 12.0. The van der Waals surface area contributed by atoms with Crippen LogP contribution in [0, 0.1) is 5.92 Å². The molecule has 1 atom stereocenters. The molecule has 0 radical (unpaired) electrons. The number of carbonyl (C=O) groups is 2. The Morgan fingerprint density at radius 2 is 1.48 bits per heavy atom. The molecular weight excluding hydrogens is 394 g/mol. The van der Waals surface area contributed by atoms with E-state index in [2.05, 4.69) is 26.0 Å². The quantitative estimate of drug-likeness (QED) is 0.401. The van der Waals surface area contributed by atoms with Gasteiger partial charge in [-0.3, -0.25) is 4.79 Å². The zero-order valence-electron chi connectivity index (χ0n) is 19.1. The number of hydrogen-bond donors (Lipinski definition) is 0. The van der Waals surface area contributed by atoms with Crippen LogP contribution in [-0.2, 0) is 27.3 Å². The maximum atomic E-state index is 12.4. The van der Waals surface area contributed by atoms with Gasteiger partial charge in [-0.25, -0.2) is 4.79 Å². The van der Waals surface area contributed by atoms with Gasteiger partial charge in [-0.2, -0.15) is 0 Å². The average Bonchev–Trinajstić information content (AvgIpc) is 2.72. The van der Waals surface area contributed by atoms with Crippen molar-refractivity contribution in [2.45, 2.75) is 39.7 Å². The highest BCUT2D eigenvalue weighted by Gasteiger charge is 2.17. The van der Waals surface area contributed by atoms with Crippen LogP contribution in [-0.4, -0.2) is 44.3 Å². The Balaban J connectivity index is 1.80. The van der Waals surface area contributed by atoms with Crippen molar-refractivity contribution in [3.63, 3.8) is 0 Å². The van der Waals surface area contributed by atoms with E-state index in [9.17, 15) is 9.59 Å². The number of nitrogens with zero attached hydrogens (tertiary/aromatic N) is 1. The minimum Gasteiger partial charge on any atom is -0.460 e. The van der Waals surface area contributed by atoms with Gasteiger partial charge in [0.05, 0.1) is 5.92 Å². The number of likely N-dealkylation sites (N-methyl/N-ethyl adjacent to an activating group) is 1. The second-order valence-electron chi connectivity index (χ2n) is 8.32.